The third-order valence-electron chi connectivity index (χ3n) is 5.04. The predicted molar refractivity (Wildman–Crippen MR) is 97.7 cm³/mol. The van der Waals surface area contributed by atoms with Crippen LogP contribution in [-0.2, 0) is 15.8 Å². The summed E-state index contributed by atoms with van der Waals surface area (Å²) in [6.07, 6.45) is -4.88. The lowest BCUT2D eigenvalue weighted by Gasteiger charge is -2.36. The summed E-state index contributed by atoms with van der Waals surface area (Å²) in [6, 6.07) is 0.156. The van der Waals surface area contributed by atoms with Crippen molar-refractivity contribution in [3.05, 3.63) is 29.7 Å². The Labute approximate surface area is 173 Å². The summed E-state index contributed by atoms with van der Waals surface area (Å²) in [6.45, 7) is 5.34. The molecule has 12 heteroatoms. The van der Waals surface area contributed by atoms with Crippen LogP contribution < -0.4 is 4.90 Å². The van der Waals surface area contributed by atoms with Crippen LogP contribution >= 0.6 is 0 Å². The summed E-state index contributed by atoms with van der Waals surface area (Å²) in [4.78, 5) is 30.6. The zero-order chi connectivity index (χ0) is 23.3. The highest BCUT2D eigenvalue weighted by Gasteiger charge is 2.42. The molecule has 0 aliphatic carbocycles. The van der Waals surface area contributed by atoms with Crippen molar-refractivity contribution < 1.29 is 36.1 Å². The van der Waals surface area contributed by atoms with E-state index in [1.165, 1.54) is 11.9 Å². The minimum Gasteiger partial charge on any atom is -0.339 e. The highest BCUT2D eigenvalue weighted by Crippen LogP contribution is 2.35. The monoisotopic (exact) mass is 446 g/mol. The van der Waals surface area contributed by atoms with E-state index in [-0.39, 0.29) is 12.8 Å². The van der Waals surface area contributed by atoms with Crippen LogP contribution in [0, 0.1) is 11.6 Å². The van der Waals surface area contributed by atoms with Crippen molar-refractivity contribution in [1.82, 2.24) is 15.0 Å². The fourth-order valence-corrected chi connectivity index (χ4v) is 3.11. The van der Waals surface area contributed by atoms with Gasteiger partial charge < -0.3 is 9.42 Å². The Balaban J connectivity index is 1.99. The second kappa shape index (κ2) is 7.57. The molecule has 7 nitrogen and oxygen atoms in total. The van der Waals surface area contributed by atoms with Gasteiger partial charge in [0, 0.05) is 25.1 Å². The van der Waals surface area contributed by atoms with Gasteiger partial charge >= 0.3 is 12.1 Å². The fourth-order valence-electron chi connectivity index (χ4n) is 3.11. The van der Waals surface area contributed by atoms with E-state index < -0.39 is 64.2 Å². The van der Waals surface area contributed by atoms with Gasteiger partial charge in [-0.2, -0.15) is 18.2 Å². The molecule has 0 radical (unpaired) electrons. The molecule has 1 aliphatic heterocycles. The molecule has 3 rings (SSSR count). The number of hydrogen-bond donors (Lipinski definition) is 0. The summed E-state index contributed by atoms with van der Waals surface area (Å²) in [5.74, 6) is -5.84. The van der Waals surface area contributed by atoms with Crippen LogP contribution in [0.4, 0.5) is 27.6 Å². The molecule has 168 valence electrons. The molecule has 2 amide bonds. The SMILES string of the molecule is CN(C(=O)C1CCC(=O)N1c1cc(F)c(-c2noc(C(F)(F)F)n2)cc1F)C(C)(C)C. The van der Waals surface area contributed by atoms with E-state index in [0.29, 0.717) is 12.1 Å². The molecular weight excluding hydrogens is 427 g/mol. The first-order valence-corrected chi connectivity index (χ1v) is 9.22. The Morgan fingerprint density at radius 3 is 2.39 bits per heavy atom. The largest absolute Gasteiger partial charge is 0.471 e. The van der Waals surface area contributed by atoms with Gasteiger partial charge in [0.15, 0.2) is 0 Å². The van der Waals surface area contributed by atoms with Crippen LogP contribution in [0.3, 0.4) is 0 Å². The summed E-state index contributed by atoms with van der Waals surface area (Å²) < 4.78 is 71.5. The van der Waals surface area contributed by atoms with Gasteiger partial charge in [-0.1, -0.05) is 5.16 Å². The van der Waals surface area contributed by atoms with E-state index in [1.807, 2.05) is 0 Å². The van der Waals surface area contributed by atoms with Gasteiger partial charge in [0.05, 0.1) is 11.3 Å². The number of anilines is 1. The predicted octanol–water partition coefficient (Wildman–Crippen LogP) is 3.79. The van der Waals surface area contributed by atoms with Gasteiger partial charge in [-0.15, -0.1) is 0 Å². The molecule has 1 fully saturated rings. The molecule has 1 aliphatic rings. The summed E-state index contributed by atoms with van der Waals surface area (Å²) >= 11 is 0. The molecule has 31 heavy (non-hydrogen) atoms. The number of hydrogen-bond acceptors (Lipinski definition) is 5. The minimum atomic E-state index is -4.95. The second-order valence-electron chi connectivity index (χ2n) is 8.09. The van der Waals surface area contributed by atoms with E-state index >= 15 is 0 Å². The van der Waals surface area contributed by atoms with E-state index in [1.54, 1.807) is 20.8 Å². The molecule has 1 atom stereocenters. The van der Waals surface area contributed by atoms with Crippen molar-refractivity contribution >= 4 is 17.5 Å². The quantitative estimate of drug-likeness (QED) is 0.671. The highest BCUT2D eigenvalue weighted by molar-refractivity contribution is 6.04. The first-order chi connectivity index (χ1) is 14.2. The van der Waals surface area contributed by atoms with Crippen LogP contribution in [0.15, 0.2) is 16.7 Å². The fraction of sp³-hybridized carbons (Fsp3) is 0.474. The van der Waals surface area contributed by atoms with Crippen molar-refractivity contribution in [3.63, 3.8) is 0 Å². The number of benzene rings is 1. The van der Waals surface area contributed by atoms with Crippen molar-refractivity contribution in [1.29, 1.82) is 0 Å². The van der Waals surface area contributed by atoms with Gasteiger partial charge in [-0.3, -0.25) is 14.5 Å². The van der Waals surface area contributed by atoms with Gasteiger partial charge in [0.2, 0.25) is 17.6 Å². The maximum atomic E-state index is 14.9. The summed E-state index contributed by atoms with van der Waals surface area (Å²) in [5, 5.41) is 3.04. The standard InChI is InChI=1S/C19H19F5N4O3/c1-18(2,3)27(4)16(30)12-5-6-14(29)28(12)13-8-10(20)9(7-11(13)21)15-25-17(31-26-15)19(22,23)24/h7-8,12H,5-6H2,1-4H3. The van der Waals surface area contributed by atoms with Crippen LogP contribution in [0.25, 0.3) is 11.4 Å². The van der Waals surface area contributed by atoms with Gasteiger partial charge in [0.25, 0.3) is 0 Å². The molecule has 1 aromatic carbocycles. The minimum absolute atomic E-state index is 0.0447. The molecule has 0 N–H and O–H groups in total. The zero-order valence-electron chi connectivity index (χ0n) is 17.0. The zero-order valence-corrected chi connectivity index (χ0v) is 17.0. The summed E-state index contributed by atoms with van der Waals surface area (Å²) in [7, 11) is 1.54. The van der Waals surface area contributed by atoms with Crippen molar-refractivity contribution in [2.45, 2.75) is 51.4 Å². The number of alkyl halides is 3. The van der Waals surface area contributed by atoms with Crippen molar-refractivity contribution in [3.8, 4) is 11.4 Å². The number of carbonyl (C=O) groups is 2. The number of carbonyl (C=O) groups excluding carboxylic acids is 2. The normalized spacial score (nSPS) is 17.4. The Hall–Kier alpha value is -3.05. The molecule has 1 saturated heterocycles. The van der Waals surface area contributed by atoms with Gasteiger partial charge in [-0.25, -0.2) is 8.78 Å². The van der Waals surface area contributed by atoms with E-state index in [0.717, 1.165) is 4.90 Å². The lowest BCUT2D eigenvalue weighted by Crippen LogP contribution is -2.52. The van der Waals surface area contributed by atoms with Crippen LogP contribution in [0.2, 0.25) is 0 Å². The molecule has 1 aromatic heterocycles. The topological polar surface area (TPSA) is 79.5 Å². The third kappa shape index (κ3) is 4.23. The maximum absolute atomic E-state index is 14.9. The van der Waals surface area contributed by atoms with Crippen LogP contribution in [0.5, 0.6) is 0 Å². The molecule has 2 aromatic rings. The Bertz CT molecular complexity index is 1030. The smallest absolute Gasteiger partial charge is 0.339 e. The van der Waals surface area contributed by atoms with Crippen molar-refractivity contribution in [2.24, 2.45) is 0 Å². The third-order valence-corrected chi connectivity index (χ3v) is 5.04. The molecular formula is C19H19F5N4O3. The lowest BCUT2D eigenvalue weighted by molar-refractivity contribution is -0.159. The highest BCUT2D eigenvalue weighted by atomic mass is 19.4. The molecule has 0 saturated carbocycles. The average Bonchev–Trinajstić information content (AvgIpc) is 3.28. The van der Waals surface area contributed by atoms with E-state index in [4.69, 9.17) is 0 Å². The van der Waals surface area contributed by atoms with Gasteiger partial charge in [0.1, 0.15) is 17.7 Å². The first kappa shape index (κ1) is 22.6. The number of rotatable bonds is 3. The number of likely N-dealkylation sites (N-methyl/N-ethyl adjacent to an activating group) is 1. The van der Waals surface area contributed by atoms with Gasteiger partial charge in [-0.05, 0) is 33.3 Å². The van der Waals surface area contributed by atoms with Crippen LogP contribution in [-0.4, -0.2) is 45.5 Å². The summed E-state index contributed by atoms with van der Waals surface area (Å²) in [5.41, 5.74) is -1.75. The molecule has 0 bridgehead atoms. The second-order valence-corrected chi connectivity index (χ2v) is 8.09. The number of amides is 2. The van der Waals surface area contributed by atoms with E-state index in [2.05, 4.69) is 14.7 Å². The lowest BCUT2D eigenvalue weighted by atomic mass is 10.0. The average molecular weight is 446 g/mol. The number of halogens is 5. The Morgan fingerprint density at radius 2 is 1.84 bits per heavy atom. The Kier molecular flexibility index (Phi) is 5.53. The van der Waals surface area contributed by atoms with Crippen molar-refractivity contribution in [2.75, 3.05) is 11.9 Å². The Morgan fingerprint density at radius 1 is 1.19 bits per heavy atom. The first-order valence-electron chi connectivity index (χ1n) is 9.22. The van der Waals surface area contributed by atoms with Crippen LogP contribution in [0.1, 0.15) is 39.5 Å². The number of nitrogens with zero attached hydrogens (tertiary/aromatic N) is 4. The maximum Gasteiger partial charge on any atom is 0.471 e. The number of aromatic nitrogens is 2. The molecule has 0 spiro atoms. The molecule has 1 unspecified atom stereocenters. The van der Waals surface area contributed by atoms with E-state index in [9.17, 15) is 31.5 Å². The molecule has 2 heterocycles.